The minimum Gasteiger partial charge on any atom is -0.215 e. The summed E-state index contributed by atoms with van der Waals surface area (Å²) in [6, 6.07) is 14.2. The Morgan fingerprint density at radius 2 is 1.80 bits per heavy atom. The van der Waals surface area contributed by atoms with Crippen LogP contribution in [0.3, 0.4) is 0 Å². The summed E-state index contributed by atoms with van der Waals surface area (Å²) in [6.07, 6.45) is 3.53. The van der Waals surface area contributed by atoms with Gasteiger partial charge in [0.15, 0.2) is 5.82 Å². The van der Waals surface area contributed by atoms with Gasteiger partial charge in [-0.1, -0.05) is 18.2 Å². The van der Waals surface area contributed by atoms with E-state index in [4.69, 9.17) is 0 Å². The zero-order chi connectivity index (χ0) is 13.9. The number of benzene rings is 2. The Hall–Kier alpha value is -2.14. The lowest BCUT2D eigenvalue weighted by Crippen LogP contribution is -2.00. The summed E-state index contributed by atoms with van der Waals surface area (Å²) in [5, 5.41) is 4.24. The average Bonchev–Trinajstić information content (AvgIpc) is 2.97. The van der Waals surface area contributed by atoms with E-state index in [1.807, 2.05) is 30.5 Å². The van der Waals surface area contributed by atoms with Gasteiger partial charge in [0.05, 0.1) is 5.69 Å². The van der Waals surface area contributed by atoms with Crippen molar-refractivity contribution in [3.8, 4) is 17.1 Å². The third-order valence-electron chi connectivity index (χ3n) is 2.97. The fraction of sp³-hybridized carbons (Fsp3) is 0.0667. The van der Waals surface area contributed by atoms with Gasteiger partial charge in [0.25, 0.3) is 0 Å². The Kier molecular flexibility index (Phi) is 3.52. The highest BCUT2D eigenvalue weighted by Gasteiger charge is 2.12. The molecule has 0 aliphatic rings. The second kappa shape index (κ2) is 5.46. The van der Waals surface area contributed by atoms with Crippen LogP contribution in [0, 0.1) is 5.82 Å². The lowest BCUT2D eigenvalue weighted by atomic mass is 10.2. The third kappa shape index (κ3) is 2.32. The first-order valence-electron chi connectivity index (χ1n) is 6.09. The first-order valence-corrected chi connectivity index (χ1v) is 7.31. The number of hydrogen-bond acceptors (Lipinski definition) is 3. The molecule has 0 saturated heterocycles. The summed E-state index contributed by atoms with van der Waals surface area (Å²) in [7, 11) is 0. The first-order chi connectivity index (χ1) is 9.79. The highest BCUT2D eigenvalue weighted by molar-refractivity contribution is 7.98. The van der Waals surface area contributed by atoms with Crippen molar-refractivity contribution in [3.05, 3.63) is 60.7 Å². The second-order valence-electron chi connectivity index (χ2n) is 4.17. The van der Waals surface area contributed by atoms with Gasteiger partial charge < -0.3 is 0 Å². The van der Waals surface area contributed by atoms with Crippen molar-refractivity contribution < 1.29 is 4.39 Å². The SMILES string of the molecule is CSc1ccccc1-c1ncnn1-c1ccc(F)cc1. The molecule has 0 aliphatic carbocycles. The van der Waals surface area contributed by atoms with E-state index >= 15 is 0 Å². The maximum absolute atomic E-state index is 13.0. The van der Waals surface area contributed by atoms with Crippen molar-refractivity contribution in [2.24, 2.45) is 0 Å². The Balaban J connectivity index is 2.13. The molecule has 0 N–H and O–H groups in total. The lowest BCUT2D eigenvalue weighted by molar-refractivity contribution is 0.627. The largest absolute Gasteiger partial charge is 0.215 e. The summed E-state index contributed by atoms with van der Waals surface area (Å²) in [4.78, 5) is 5.47. The monoisotopic (exact) mass is 285 g/mol. The van der Waals surface area contributed by atoms with Crippen molar-refractivity contribution in [1.82, 2.24) is 14.8 Å². The van der Waals surface area contributed by atoms with Crippen LogP contribution in [-0.4, -0.2) is 21.0 Å². The van der Waals surface area contributed by atoms with E-state index in [-0.39, 0.29) is 5.82 Å². The van der Waals surface area contributed by atoms with Crippen LogP contribution in [0.2, 0.25) is 0 Å². The molecule has 1 aromatic heterocycles. The van der Waals surface area contributed by atoms with Crippen LogP contribution >= 0.6 is 11.8 Å². The summed E-state index contributed by atoms with van der Waals surface area (Å²) >= 11 is 1.66. The van der Waals surface area contributed by atoms with Crippen molar-refractivity contribution >= 4 is 11.8 Å². The van der Waals surface area contributed by atoms with E-state index in [0.29, 0.717) is 0 Å². The minimum atomic E-state index is -0.264. The topological polar surface area (TPSA) is 30.7 Å². The molecule has 0 atom stereocenters. The number of rotatable bonds is 3. The number of nitrogens with zero attached hydrogens (tertiary/aromatic N) is 3. The molecule has 3 rings (SSSR count). The minimum absolute atomic E-state index is 0.264. The maximum atomic E-state index is 13.0. The predicted octanol–water partition coefficient (Wildman–Crippen LogP) is 3.80. The van der Waals surface area contributed by atoms with Crippen LogP contribution in [-0.2, 0) is 0 Å². The van der Waals surface area contributed by atoms with E-state index < -0.39 is 0 Å². The molecule has 1 heterocycles. The maximum Gasteiger partial charge on any atom is 0.164 e. The molecule has 100 valence electrons. The van der Waals surface area contributed by atoms with E-state index in [2.05, 4.69) is 10.1 Å². The molecule has 2 aromatic carbocycles. The van der Waals surface area contributed by atoms with Gasteiger partial charge in [-0.2, -0.15) is 5.10 Å². The molecule has 3 aromatic rings. The Morgan fingerprint density at radius 1 is 1.05 bits per heavy atom. The van der Waals surface area contributed by atoms with Crippen molar-refractivity contribution in [3.63, 3.8) is 0 Å². The van der Waals surface area contributed by atoms with E-state index in [0.717, 1.165) is 22.0 Å². The number of hydrogen-bond donors (Lipinski definition) is 0. The van der Waals surface area contributed by atoms with E-state index in [9.17, 15) is 4.39 Å². The van der Waals surface area contributed by atoms with Gasteiger partial charge >= 0.3 is 0 Å². The number of aromatic nitrogens is 3. The number of halogens is 1. The molecule has 5 heteroatoms. The Bertz CT molecular complexity index is 722. The zero-order valence-corrected chi connectivity index (χ0v) is 11.6. The highest BCUT2D eigenvalue weighted by atomic mass is 32.2. The van der Waals surface area contributed by atoms with Gasteiger partial charge in [-0.15, -0.1) is 11.8 Å². The van der Waals surface area contributed by atoms with Crippen LogP contribution in [0.15, 0.2) is 59.8 Å². The second-order valence-corrected chi connectivity index (χ2v) is 5.02. The first kappa shape index (κ1) is 12.9. The van der Waals surface area contributed by atoms with Gasteiger partial charge in [0.2, 0.25) is 0 Å². The van der Waals surface area contributed by atoms with Crippen LogP contribution in [0.1, 0.15) is 0 Å². The van der Waals surface area contributed by atoms with Crippen molar-refractivity contribution in [2.75, 3.05) is 6.26 Å². The average molecular weight is 285 g/mol. The molecule has 0 bridgehead atoms. The molecular weight excluding hydrogens is 273 g/mol. The summed E-state index contributed by atoms with van der Waals surface area (Å²) < 4.78 is 14.7. The molecule has 0 unspecified atom stereocenters. The molecule has 0 radical (unpaired) electrons. The van der Waals surface area contributed by atoms with Gasteiger partial charge in [-0.05, 0) is 36.6 Å². The summed E-state index contributed by atoms with van der Waals surface area (Å²) in [5.41, 5.74) is 1.80. The van der Waals surface area contributed by atoms with Crippen LogP contribution in [0.25, 0.3) is 17.1 Å². The van der Waals surface area contributed by atoms with Crippen molar-refractivity contribution in [1.29, 1.82) is 0 Å². The van der Waals surface area contributed by atoms with Crippen LogP contribution < -0.4 is 0 Å². The fourth-order valence-corrected chi connectivity index (χ4v) is 2.62. The smallest absolute Gasteiger partial charge is 0.164 e. The molecular formula is C15H12FN3S. The molecule has 0 fully saturated rings. The summed E-state index contributed by atoms with van der Waals surface area (Å²) in [5.74, 6) is 0.487. The fourth-order valence-electron chi connectivity index (χ4n) is 2.03. The predicted molar refractivity (Wildman–Crippen MR) is 78.5 cm³/mol. The van der Waals surface area contributed by atoms with E-state index in [1.165, 1.54) is 18.5 Å². The number of thioether (sulfide) groups is 1. The van der Waals surface area contributed by atoms with Gasteiger partial charge in [0, 0.05) is 10.5 Å². The standard InChI is InChI=1S/C15H12FN3S/c1-20-14-5-3-2-4-13(14)15-17-10-18-19(15)12-8-6-11(16)7-9-12/h2-10H,1H3. The molecule has 20 heavy (non-hydrogen) atoms. The third-order valence-corrected chi connectivity index (χ3v) is 3.76. The van der Waals surface area contributed by atoms with Gasteiger partial charge in [-0.25, -0.2) is 14.1 Å². The molecule has 3 nitrogen and oxygen atoms in total. The zero-order valence-electron chi connectivity index (χ0n) is 10.8. The Labute approximate surface area is 120 Å². The molecule has 0 aliphatic heterocycles. The van der Waals surface area contributed by atoms with Gasteiger partial charge in [-0.3, -0.25) is 0 Å². The van der Waals surface area contributed by atoms with Crippen LogP contribution in [0.4, 0.5) is 4.39 Å². The highest BCUT2D eigenvalue weighted by Crippen LogP contribution is 2.29. The van der Waals surface area contributed by atoms with E-state index in [1.54, 1.807) is 28.6 Å². The lowest BCUT2D eigenvalue weighted by Gasteiger charge is -2.09. The quantitative estimate of drug-likeness (QED) is 0.686. The Morgan fingerprint density at radius 3 is 2.55 bits per heavy atom. The molecule has 0 saturated carbocycles. The molecule has 0 spiro atoms. The van der Waals surface area contributed by atoms with Gasteiger partial charge in [0.1, 0.15) is 12.1 Å². The van der Waals surface area contributed by atoms with Crippen molar-refractivity contribution in [2.45, 2.75) is 4.90 Å². The summed E-state index contributed by atoms with van der Waals surface area (Å²) in [6.45, 7) is 0. The van der Waals surface area contributed by atoms with Crippen LogP contribution in [0.5, 0.6) is 0 Å². The normalized spacial score (nSPS) is 10.7. The molecule has 0 amide bonds.